The minimum absolute atomic E-state index is 0.314. The van der Waals surface area contributed by atoms with Gasteiger partial charge in [0.1, 0.15) is 6.04 Å². The summed E-state index contributed by atoms with van der Waals surface area (Å²) in [4.78, 5) is 17.4. The van der Waals surface area contributed by atoms with Gasteiger partial charge in [0, 0.05) is 19.3 Å². The number of amides is 1. The SMILES string of the molecule is NCc1ccncc1N1CCOCC1C(N)=O. The van der Waals surface area contributed by atoms with Gasteiger partial charge in [-0.2, -0.15) is 0 Å². The zero-order chi connectivity index (χ0) is 12.3. The van der Waals surface area contributed by atoms with Crippen LogP contribution in [0.4, 0.5) is 5.69 Å². The van der Waals surface area contributed by atoms with Crippen molar-refractivity contribution in [3.05, 3.63) is 24.0 Å². The van der Waals surface area contributed by atoms with Crippen LogP contribution in [0, 0.1) is 0 Å². The number of morpholine rings is 1. The van der Waals surface area contributed by atoms with Gasteiger partial charge in [0.2, 0.25) is 5.91 Å². The number of carbonyl (C=O) groups excluding carboxylic acids is 1. The molecule has 1 aromatic heterocycles. The van der Waals surface area contributed by atoms with E-state index in [-0.39, 0.29) is 0 Å². The van der Waals surface area contributed by atoms with Gasteiger partial charge in [-0.15, -0.1) is 0 Å². The zero-order valence-electron chi connectivity index (χ0n) is 9.50. The molecule has 1 fully saturated rings. The third-order valence-electron chi connectivity index (χ3n) is 2.87. The van der Waals surface area contributed by atoms with Crippen molar-refractivity contribution in [2.45, 2.75) is 12.6 Å². The second kappa shape index (κ2) is 5.11. The summed E-state index contributed by atoms with van der Waals surface area (Å²) in [6.45, 7) is 1.91. The van der Waals surface area contributed by atoms with Crippen molar-refractivity contribution in [1.29, 1.82) is 0 Å². The van der Waals surface area contributed by atoms with Crippen LogP contribution in [0.15, 0.2) is 18.5 Å². The van der Waals surface area contributed by atoms with Crippen LogP contribution in [0.2, 0.25) is 0 Å². The highest BCUT2D eigenvalue weighted by atomic mass is 16.5. The lowest BCUT2D eigenvalue weighted by atomic mass is 10.1. The van der Waals surface area contributed by atoms with Gasteiger partial charge in [0.25, 0.3) is 0 Å². The molecule has 4 N–H and O–H groups in total. The van der Waals surface area contributed by atoms with E-state index in [2.05, 4.69) is 4.98 Å². The molecule has 17 heavy (non-hydrogen) atoms. The van der Waals surface area contributed by atoms with Crippen molar-refractivity contribution in [3.63, 3.8) is 0 Å². The highest BCUT2D eigenvalue weighted by molar-refractivity contribution is 5.84. The zero-order valence-corrected chi connectivity index (χ0v) is 9.50. The van der Waals surface area contributed by atoms with Gasteiger partial charge in [0.05, 0.1) is 25.1 Å². The standard InChI is InChI=1S/C11H16N4O2/c12-5-8-1-2-14-6-9(8)15-3-4-17-7-10(15)11(13)16/h1-2,6,10H,3-5,7,12H2,(H2,13,16). The topological polar surface area (TPSA) is 94.5 Å². The van der Waals surface area contributed by atoms with E-state index >= 15 is 0 Å². The van der Waals surface area contributed by atoms with Crippen molar-refractivity contribution in [3.8, 4) is 0 Å². The first kappa shape index (κ1) is 11.8. The first-order valence-corrected chi connectivity index (χ1v) is 5.50. The molecule has 0 saturated carbocycles. The van der Waals surface area contributed by atoms with Crippen molar-refractivity contribution >= 4 is 11.6 Å². The molecule has 1 aromatic rings. The number of rotatable bonds is 3. The molecule has 1 aliphatic heterocycles. The van der Waals surface area contributed by atoms with Gasteiger partial charge in [-0.3, -0.25) is 9.78 Å². The van der Waals surface area contributed by atoms with E-state index in [1.807, 2.05) is 11.0 Å². The summed E-state index contributed by atoms with van der Waals surface area (Å²) in [6.07, 6.45) is 3.40. The minimum Gasteiger partial charge on any atom is -0.377 e. The molecule has 1 amide bonds. The van der Waals surface area contributed by atoms with E-state index in [9.17, 15) is 4.79 Å². The number of hydrogen-bond acceptors (Lipinski definition) is 5. The highest BCUT2D eigenvalue weighted by Crippen LogP contribution is 2.22. The molecule has 0 aliphatic carbocycles. The van der Waals surface area contributed by atoms with Crippen molar-refractivity contribution in [2.24, 2.45) is 11.5 Å². The number of nitrogens with zero attached hydrogens (tertiary/aromatic N) is 2. The number of carbonyl (C=O) groups is 1. The van der Waals surface area contributed by atoms with Gasteiger partial charge < -0.3 is 21.1 Å². The Hall–Kier alpha value is -1.66. The molecule has 2 heterocycles. The Morgan fingerprint density at radius 2 is 2.47 bits per heavy atom. The van der Waals surface area contributed by atoms with Crippen molar-refractivity contribution < 1.29 is 9.53 Å². The predicted octanol–water partition coefficient (Wildman–Crippen LogP) is -0.769. The summed E-state index contributed by atoms with van der Waals surface area (Å²) < 4.78 is 5.27. The van der Waals surface area contributed by atoms with Crippen LogP contribution < -0.4 is 16.4 Å². The molecule has 1 atom stereocenters. The average molecular weight is 236 g/mol. The van der Waals surface area contributed by atoms with E-state index in [4.69, 9.17) is 16.2 Å². The maximum absolute atomic E-state index is 11.4. The van der Waals surface area contributed by atoms with Crippen LogP contribution in [0.5, 0.6) is 0 Å². The van der Waals surface area contributed by atoms with Gasteiger partial charge in [-0.1, -0.05) is 0 Å². The molecule has 6 nitrogen and oxygen atoms in total. The summed E-state index contributed by atoms with van der Waals surface area (Å²) in [5.41, 5.74) is 12.9. The van der Waals surface area contributed by atoms with E-state index in [1.54, 1.807) is 12.4 Å². The predicted molar refractivity (Wildman–Crippen MR) is 63.3 cm³/mol. The van der Waals surface area contributed by atoms with Crippen LogP contribution >= 0.6 is 0 Å². The van der Waals surface area contributed by atoms with E-state index < -0.39 is 11.9 Å². The van der Waals surface area contributed by atoms with Crippen molar-refractivity contribution in [1.82, 2.24) is 4.98 Å². The quantitative estimate of drug-likeness (QED) is 0.718. The molecule has 0 bridgehead atoms. The molecule has 0 aromatic carbocycles. The third kappa shape index (κ3) is 2.37. The lowest BCUT2D eigenvalue weighted by Gasteiger charge is -2.36. The monoisotopic (exact) mass is 236 g/mol. The van der Waals surface area contributed by atoms with Crippen LogP contribution in [-0.4, -0.2) is 36.7 Å². The maximum atomic E-state index is 11.4. The van der Waals surface area contributed by atoms with Crippen LogP contribution in [0.25, 0.3) is 0 Å². The lowest BCUT2D eigenvalue weighted by Crippen LogP contribution is -2.53. The number of hydrogen-bond donors (Lipinski definition) is 2. The number of primary amides is 1. The first-order chi connectivity index (χ1) is 8.24. The molecule has 1 aliphatic rings. The number of pyridine rings is 1. The third-order valence-corrected chi connectivity index (χ3v) is 2.87. The fourth-order valence-corrected chi connectivity index (χ4v) is 1.97. The summed E-state index contributed by atoms with van der Waals surface area (Å²) in [7, 11) is 0. The fraction of sp³-hybridized carbons (Fsp3) is 0.455. The molecular weight excluding hydrogens is 220 g/mol. The molecule has 0 radical (unpaired) electrons. The summed E-state index contributed by atoms with van der Waals surface area (Å²) >= 11 is 0. The number of aromatic nitrogens is 1. The maximum Gasteiger partial charge on any atom is 0.242 e. The molecule has 0 spiro atoms. The Bertz CT molecular complexity index is 410. The summed E-state index contributed by atoms with van der Waals surface area (Å²) in [5.74, 6) is -0.392. The smallest absolute Gasteiger partial charge is 0.242 e. The number of ether oxygens (including phenoxy) is 1. The largest absolute Gasteiger partial charge is 0.377 e. The van der Waals surface area contributed by atoms with E-state index in [0.717, 1.165) is 11.3 Å². The second-order valence-electron chi connectivity index (χ2n) is 3.89. The molecule has 6 heteroatoms. The normalized spacial score (nSPS) is 20.3. The Morgan fingerprint density at radius 1 is 1.65 bits per heavy atom. The Balaban J connectivity index is 2.32. The Labute approximate surface area is 99.5 Å². The van der Waals surface area contributed by atoms with Crippen molar-refractivity contribution in [2.75, 3.05) is 24.7 Å². The van der Waals surface area contributed by atoms with Crippen LogP contribution in [0.1, 0.15) is 5.56 Å². The molecule has 1 saturated heterocycles. The van der Waals surface area contributed by atoms with Gasteiger partial charge in [0.15, 0.2) is 0 Å². The van der Waals surface area contributed by atoms with E-state index in [1.165, 1.54) is 0 Å². The highest BCUT2D eigenvalue weighted by Gasteiger charge is 2.29. The molecular formula is C11H16N4O2. The van der Waals surface area contributed by atoms with Crippen LogP contribution in [0.3, 0.4) is 0 Å². The number of anilines is 1. The minimum atomic E-state index is -0.446. The van der Waals surface area contributed by atoms with Crippen LogP contribution in [-0.2, 0) is 16.1 Å². The average Bonchev–Trinajstić information content (AvgIpc) is 2.38. The molecule has 1 unspecified atom stereocenters. The molecule has 2 rings (SSSR count). The fourth-order valence-electron chi connectivity index (χ4n) is 1.97. The van der Waals surface area contributed by atoms with E-state index in [0.29, 0.717) is 26.3 Å². The lowest BCUT2D eigenvalue weighted by molar-refractivity contribution is -0.121. The summed E-state index contributed by atoms with van der Waals surface area (Å²) in [6, 6.07) is 1.40. The molecule has 92 valence electrons. The van der Waals surface area contributed by atoms with Gasteiger partial charge in [-0.25, -0.2) is 0 Å². The summed E-state index contributed by atoms with van der Waals surface area (Å²) in [5, 5.41) is 0. The van der Waals surface area contributed by atoms with Gasteiger partial charge in [-0.05, 0) is 11.6 Å². The Morgan fingerprint density at radius 3 is 3.18 bits per heavy atom. The first-order valence-electron chi connectivity index (χ1n) is 5.50. The van der Waals surface area contributed by atoms with Gasteiger partial charge >= 0.3 is 0 Å². The Kier molecular flexibility index (Phi) is 3.55. The second-order valence-corrected chi connectivity index (χ2v) is 3.89. The number of nitrogens with two attached hydrogens (primary N) is 2.